The Morgan fingerprint density at radius 3 is 2.43 bits per heavy atom. The van der Waals surface area contributed by atoms with Gasteiger partial charge in [-0.2, -0.15) is 0 Å². The maximum atomic E-state index is 5.80. The third kappa shape index (κ3) is 3.49. The van der Waals surface area contributed by atoms with E-state index in [1.54, 1.807) is 0 Å². The summed E-state index contributed by atoms with van der Waals surface area (Å²) in [5.74, 6) is 0.604. The van der Waals surface area contributed by atoms with E-state index in [1.807, 2.05) is 31.2 Å². The van der Waals surface area contributed by atoms with Crippen molar-refractivity contribution in [2.75, 3.05) is 12.5 Å². The second kappa shape index (κ2) is 6.28. The van der Waals surface area contributed by atoms with E-state index < -0.39 is 0 Å². The molecule has 0 spiro atoms. The molecule has 0 aromatic heterocycles. The molecule has 0 saturated carbocycles. The van der Waals surface area contributed by atoms with Crippen molar-refractivity contribution in [3.05, 3.63) is 34.9 Å². The molecule has 0 fully saturated rings. The average molecular weight is 233 g/mol. The van der Waals surface area contributed by atoms with Gasteiger partial charge in [0.25, 0.3) is 0 Å². The van der Waals surface area contributed by atoms with Gasteiger partial charge < -0.3 is 4.74 Å². The van der Waals surface area contributed by atoms with E-state index in [9.17, 15) is 0 Å². The Kier molecular flexibility index (Phi) is 5.31. The molecule has 0 aliphatic heterocycles. The zero-order chi connectivity index (χ0) is 10.4. The van der Waals surface area contributed by atoms with Crippen LogP contribution in [0.15, 0.2) is 24.3 Å². The van der Waals surface area contributed by atoms with Crippen LogP contribution in [0.3, 0.4) is 0 Å². The molecule has 0 aliphatic carbocycles. The molecular formula is C11H14Cl2O. The van der Waals surface area contributed by atoms with Gasteiger partial charge in [-0.25, -0.2) is 0 Å². The van der Waals surface area contributed by atoms with Gasteiger partial charge in [0, 0.05) is 17.5 Å². The molecule has 0 N–H and O–H groups in total. The summed E-state index contributed by atoms with van der Waals surface area (Å²) in [7, 11) is 0. The van der Waals surface area contributed by atoms with E-state index >= 15 is 0 Å². The second-order valence-electron chi connectivity index (χ2n) is 2.97. The summed E-state index contributed by atoms with van der Waals surface area (Å²) in [6.07, 6.45) is 0.923. The molecule has 1 rings (SSSR count). The summed E-state index contributed by atoms with van der Waals surface area (Å²) in [6.45, 7) is 2.68. The summed E-state index contributed by atoms with van der Waals surface area (Å²) < 4.78 is 5.58. The summed E-state index contributed by atoms with van der Waals surface area (Å²) in [4.78, 5) is 0. The van der Waals surface area contributed by atoms with Gasteiger partial charge in [0.15, 0.2) is 0 Å². The topological polar surface area (TPSA) is 9.23 Å². The molecule has 3 heteroatoms. The van der Waals surface area contributed by atoms with Crippen LogP contribution in [-0.2, 0) is 4.74 Å². The predicted octanol–water partition coefficient (Wildman–Crippen LogP) is 4.05. The molecule has 1 atom stereocenters. The van der Waals surface area contributed by atoms with Crippen molar-refractivity contribution in [3.8, 4) is 0 Å². The molecule has 78 valence electrons. The Labute approximate surface area is 95.0 Å². The van der Waals surface area contributed by atoms with Gasteiger partial charge >= 0.3 is 0 Å². The van der Waals surface area contributed by atoms with Crippen LogP contribution in [0.4, 0.5) is 0 Å². The molecule has 0 aliphatic rings. The van der Waals surface area contributed by atoms with Crippen LogP contribution < -0.4 is 0 Å². The molecule has 14 heavy (non-hydrogen) atoms. The Balaban J connectivity index is 2.71. The molecule has 1 nitrogen and oxygen atoms in total. The minimum absolute atomic E-state index is 0.0924. The van der Waals surface area contributed by atoms with Crippen molar-refractivity contribution in [1.82, 2.24) is 0 Å². The molecular weight excluding hydrogens is 219 g/mol. The molecule has 0 radical (unpaired) electrons. The lowest BCUT2D eigenvalue weighted by atomic mass is 10.1. The molecule has 0 bridgehead atoms. The number of rotatable bonds is 5. The number of hydrogen-bond donors (Lipinski definition) is 0. The first-order valence-corrected chi connectivity index (χ1v) is 5.62. The van der Waals surface area contributed by atoms with Crippen LogP contribution in [0.5, 0.6) is 0 Å². The van der Waals surface area contributed by atoms with Crippen LogP contribution >= 0.6 is 23.2 Å². The maximum absolute atomic E-state index is 5.80. The van der Waals surface area contributed by atoms with Crippen molar-refractivity contribution in [2.45, 2.75) is 19.4 Å². The second-order valence-corrected chi connectivity index (χ2v) is 3.79. The van der Waals surface area contributed by atoms with Crippen LogP contribution in [0.25, 0.3) is 0 Å². The largest absolute Gasteiger partial charge is 0.374 e. The average Bonchev–Trinajstić information content (AvgIpc) is 2.19. The highest BCUT2D eigenvalue weighted by Gasteiger charge is 2.09. The maximum Gasteiger partial charge on any atom is 0.0836 e. The fraction of sp³-hybridized carbons (Fsp3) is 0.455. The van der Waals surface area contributed by atoms with Gasteiger partial charge in [0.2, 0.25) is 0 Å². The van der Waals surface area contributed by atoms with E-state index in [1.165, 1.54) is 0 Å². The predicted molar refractivity (Wildman–Crippen MR) is 61.2 cm³/mol. The lowest BCUT2D eigenvalue weighted by Crippen LogP contribution is -2.04. The molecule has 1 aromatic rings. The normalized spacial score (nSPS) is 12.8. The van der Waals surface area contributed by atoms with Gasteiger partial charge in [-0.3, -0.25) is 0 Å². The summed E-state index contributed by atoms with van der Waals surface area (Å²) >= 11 is 11.5. The smallest absolute Gasteiger partial charge is 0.0836 e. The van der Waals surface area contributed by atoms with Crippen molar-refractivity contribution in [3.63, 3.8) is 0 Å². The first-order chi connectivity index (χ1) is 6.77. The zero-order valence-corrected chi connectivity index (χ0v) is 9.68. The minimum atomic E-state index is 0.0924. The highest BCUT2D eigenvalue weighted by atomic mass is 35.5. The standard InChI is InChI=1S/C11H14Cl2O/c1-2-14-11(7-8-12)9-3-5-10(13)6-4-9/h3-6,11H,2,7-8H2,1H3/t11-/m1/s1. The van der Waals surface area contributed by atoms with E-state index in [-0.39, 0.29) is 6.10 Å². The summed E-state index contributed by atoms with van der Waals surface area (Å²) in [5, 5.41) is 0.745. The zero-order valence-electron chi connectivity index (χ0n) is 8.17. The van der Waals surface area contributed by atoms with Crippen molar-refractivity contribution < 1.29 is 4.74 Å². The third-order valence-electron chi connectivity index (χ3n) is 1.98. The van der Waals surface area contributed by atoms with E-state index in [4.69, 9.17) is 27.9 Å². The summed E-state index contributed by atoms with van der Waals surface area (Å²) in [5.41, 5.74) is 1.14. The Bertz CT molecular complexity index is 252. The monoisotopic (exact) mass is 232 g/mol. The van der Waals surface area contributed by atoms with Gasteiger partial charge in [-0.1, -0.05) is 23.7 Å². The number of alkyl halides is 1. The minimum Gasteiger partial charge on any atom is -0.374 e. The SMILES string of the molecule is CCO[C@H](CCCl)c1ccc(Cl)cc1. The van der Waals surface area contributed by atoms with Crippen LogP contribution in [0, 0.1) is 0 Å². The molecule has 0 heterocycles. The van der Waals surface area contributed by atoms with E-state index in [0.29, 0.717) is 12.5 Å². The Morgan fingerprint density at radius 2 is 1.93 bits per heavy atom. The number of hydrogen-bond acceptors (Lipinski definition) is 1. The Hall–Kier alpha value is -0.240. The van der Waals surface area contributed by atoms with Crippen molar-refractivity contribution in [2.24, 2.45) is 0 Å². The van der Waals surface area contributed by atoms with E-state index in [2.05, 4.69) is 0 Å². The van der Waals surface area contributed by atoms with Crippen molar-refractivity contribution >= 4 is 23.2 Å². The Morgan fingerprint density at radius 1 is 1.29 bits per heavy atom. The lowest BCUT2D eigenvalue weighted by Gasteiger charge is -2.16. The number of ether oxygens (including phenoxy) is 1. The first-order valence-electron chi connectivity index (χ1n) is 4.71. The van der Waals surface area contributed by atoms with Gasteiger partial charge in [-0.05, 0) is 31.0 Å². The first kappa shape index (κ1) is 11.8. The fourth-order valence-electron chi connectivity index (χ4n) is 1.32. The van der Waals surface area contributed by atoms with Gasteiger partial charge in [-0.15, -0.1) is 11.6 Å². The summed E-state index contributed by atoms with van der Waals surface area (Å²) in [6, 6.07) is 7.71. The molecule has 0 saturated heterocycles. The highest BCUT2D eigenvalue weighted by molar-refractivity contribution is 6.30. The number of halogens is 2. The van der Waals surface area contributed by atoms with Gasteiger partial charge in [0.05, 0.1) is 6.10 Å². The fourth-order valence-corrected chi connectivity index (χ4v) is 1.65. The lowest BCUT2D eigenvalue weighted by molar-refractivity contribution is 0.0604. The van der Waals surface area contributed by atoms with Gasteiger partial charge in [0.1, 0.15) is 0 Å². The third-order valence-corrected chi connectivity index (χ3v) is 2.45. The molecule has 0 amide bonds. The van der Waals surface area contributed by atoms with Crippen LogP contribution in [0.2, 0.25) is 5.02 Å². The van der Waals surface area contributed by atoms with E-state index in [0.717, 1.165) is 17.0 Å². The van der Waals surface area contributed by atoms with Crippen LogP contribution in [0.1, 0.15) is 25.0 Å². The molecule has 1 aromatic carbocycles. The molecule has 0 unspecified atom stereocenters. The van der Waals surface area contributed by atoms with Crippen LogP contribution in [-0.4, -0.2) is 12.5 Å². The highest BCUT2D eigenvalue weighted by Crippen LogP contribution is 2.23. The van der Waals surface area contributed by atoms with Crippen molar-refractivity contribution in [1.29, 1.82) is 0 Å². The quantitative estimate of drug-likeness (QED) is 0.697. The number of benzene rings is 1.